The van der Waals surface area contributed by atoms with E-state index in [-0.39, 0.29) is 57.6 Å². The van der Waals surface area contributed by atoms with E-state index in [2.05, 4.69) is 126 Å². The topological polar surface area (TPSA) is 0 Å². The minimum atomic E-state index is -4.49. The molecule has 0 saturated heterocycles. The van der Waals surface area contributed by atoms with Gasteiger partial charge in [-0.1, -0.05) is 117 Å². The molecule has 312 valence electrons. The summed E-state index contributed by atoms with van der Waals surface area (Å²) in [6, 6.07) is 21.5. The summed E-state index contributed by atoms with van der Waals surface area (Å²) in [5, 5.41) is 5.57. The number of halogens is 8. The summed E-state index contributed by atoms with van der Waals surface area (Å²) < 4.78 is 76.7. The first-order valence-corrected chi connectivity index (χ1v) is 20.1. The Bertz CT molecular complexity index is 2100. The summed E-state index contributed by atoms with van der Waals surface area (Å²) in [6.45, 7) is 28.0. The third kappa shape index (κ3) is 12.8. The quantitative estimate of drug-likeness (QED) is 0.122. The second-order valence-corrected chi connectivity index (χ2v) is 19.9. The molecule has 0 radical (unpaired) electrons. The van der Waals surface area contributed by atoms with Crippen LogP contribution in [0.2, 0.25) is 0 Å². The van der Waals surface area contributed by atoms with E-state index < -0.39 is 23.5 Å². The fraction of sp³-hybridized carbons (Fsp3) is 0.388. The van der Waals surface area contributed by atoms with E-state index in [0.717, 1.165) is 54.9 Å². The van der Waals surface area contributed by atoms with Gasteiger partial charge in [-0.05, 0) is 21.7 Å². The summed E-state index contributed by atoms with van der Waals surface area (Å²) in [7, 11) is 0. The predicted molar refractivity (Wildman–Crippen MR) is 234 cm³/mol. The van der Waals surface area contributed by atoms with Gasteiger partial charge in [0.25, 0.3) is 0 Å². The number of benzene rings is 4. The van der Waals surface area contributed by atoms with Crippen LogP contribution >= 0.6 is 24.8 Å². The van der Waals surface area contributed by atoms with Gasteiger partial charge >= 0.3 is 137 Å². The van der Waals surface area contributed by atoms with Crippen LogP contribution in [0.4, 0.5) is 26.3 Å². The Balaban J connectivity index is 0.000000354. The van der Waals surface area contributed by atoms with Crippen LogP contribution in [0.5, 0.6) is 0 Å². The fourth-order valence-corrected chi connectivity index (χ4v) is 7.56. The molecular formula is C49H56Cl2F6Zr. The zero-order valence-corrected chi connectivity index (χ0v) is 39.6. The van der Waals surface area contributed by atoms with Gasteiger partial charge in [-0.3, -0.25) is 6.08 Å². The molecule has 0 N–H and O–H groups in total. The van der Waals surface area contributed by atoms with Gasteiger partial charge in [0.2, 0.25) is 0 Å². The maximum absolute atomic E-state index is 12.7. The summed E-state index contributed by atoms with van der Waals surface area (Å²) in [6.07, 6.45) is 1.03. The van der Waals surface area contributed by atoms with Crippen LogP contribution in [0.15, 0.2) is 97.1 Å². The van der Waals surface area contributed by atoms with E-state index in [4.69, 9.17) is 0 Å². The van der Waals surface area contributed by atoms with Crippen LogP contribution in [0, 0.1) is 6.08 Å². The zero-order chi connectivity index (χ0) is 42.2. The van der Waals surface area contributed by atoms with Crippen molar-refractivity contribution < 1.29 is 50.6 Å². The van der Waals surface area contributed by atoms with E-state index >= 15 is 0 Å². The van der Waals surface area contributed by atoms with Gasteiger partial charge < -0.3 is 0 Å². The Morgan fingerprint density at radius 2 is 0.879 bits per heavy atom. The average Bonchev–Trinajstić information content (AvgIpc) is 3.77. The van der Waals surface area contributed by atoms with Crippen molar-refractivity contribution in [3.8, 4) is 0 Å². The first-order valence-electron chi connectivity index (χ1n) is 18.9. The smallest absolute Gasteiger partial charge is 0.109 e. The van der Waals surface area contributed by atoms with Gasteiger partial charge in [0.05, 0.1) is 0 Å². The molecule has 5 aromatic rings. The standard InChI is InChI=1S/C29H41.C15H8F6.C5H5.2ClH.Zr/c1-26(2,3)22-14-18-13-19-15-23(27(4,5)6)25(29(10,11)12)17-21(19)20(18)16-24(22)28(7,8)9;16-14(17,18)12-5-1-3-10(8-12)7-11-4-2-6-13(9-11)15(19,20)21;1-2-4-5-3-1;;;/h13-17H,1-12H3;1-6,8-9H;1-3H,4H2;2*1H;/q-1;;-1;;;+2. The maximum Gasteiger partial charge on any atom is -0.109 e. The molecule has 0 saturated carbocycles. The SMILES string of the molecule is CC(C)(C)c1cc2[cH-]c3cc(C(C)(C)C)c(C(C)(C)C)cc3c2cc1C(C)(C)C.Cl.Cl.FC(F)(F)c1cccc([C](=[Zr+2])c2cccc(C(F)(F)F)c2)c1.[C-]1=CC=CC1. The van der Waals surface area contributed by atoms with Crippen molar-refractivity contribution >= 4 is 49.6 Å². The molecule has 1 aliphatic carbocycles. The Morgan fingerprint density at radius 3 is 1.14 bits per heavy atom. The Hall–Kier alpha value is -2.86. The first kappa shape index (κ1) is 51.3. The monoisotopic (exact) mass is 918 g/mol. The van der Waals surface area contributed by atoms with Gasteiger partial charge in [-0.25, -0.2) is 12.2 Å². The molecule has 0 aliphatic heterocycles. The summed E-state index contributed by atoms with van der Waals surface area (Å²) in [5.41, 5.74) is 5.30. The third-order valence-electron chi connectivity index (χ3n) is 9.76. The summed E-state index contributed by atoms with van der Waals surface area (Å²) in [5.74, 6) is 0. The summed E-state index contributed by atoms with van der Waals surface area (Å²) >= 11 is 0.729. The van der Waals surface area contributed by atoms with Crippen LogP contribution < -0.4 is 0 Å². The van der Waals surface area contributed by atoms with Gasteiger partial charge in [0.1, 0.15) is 0 Å². The minimum absolute atomic E-state index is 0. The van der Waals surface area contributed by atoms with E-state index in [1.807, 2.05) is 12.2 Å². The zero-order valence-electron chi connectivity index (χ0n) is 35.5. The van der Waals surface area contributed by atoms with Crippen LogP contribution in [0.1, 0.15) is 134 Å². The van der Waals surface area contributed by atoms with Crippen molar-refractivity contribution in [1.82, 2.24) is 0 Å². The Morgan fingerprint density at radius 1 is 0.534 bits per heavy atom. The number of hydrogen-bond donors (Lipinski definition) is 0. The van der Waals surface area contributed by atoms with Crippen molar-refractivity contribution in [3.63, 3.8) is 0 Å². The number of allylic oxidation sites excluding steroid dienone is 4. The van der Waals surface area contributed by atoms with E-state index in [1.165, 1.54) is 68.1 Å². The molecule has 0 unspecified atom stereocenters. The molecule has 0 atom stereocenters. The van der Waals surface area contributed by atoms with Crippen molar-refractivity contribution in [2.75, 3.05) is 0 Å². The first-order chi connectivity index (χ1) is 25.5. The number of fused-ring (bicyclic) bond motifs is 3. The van der Waals surface area contributed by atoms with E-state index in [0.29, 0.717) is 3.21 Å². The molecule has 0 heterocycles. The van der Waals surface area contributed by atoms with Crippen LogP contribution in [-0.4, -0.2) is 3.21 Å². The minimum Gasteiger partial charge on any atom is -0.273 e. The number of hydrogen-bond acceptors (Lipinski definition) is 0. The number of alkyl halides is 6. The van der Waals surface area contributed by atoms with Crippen LogP contribution in [0.3, 0.4) is 0 Å². The average molecular weight is 921 g/mol. The molecule has 5 aromatic carbocycles. The van der Waals surface area contributed by atoms with Crippen molar-refractivity contribution in [2.45, 2.75) is 124 Å². The molecule has 0 spiro atoms. The molecular weight excluding hydrogens is 865 g/mol. The molecule has 9 heteroatoms. The molecule has 0 fully saturated rings. The van der Waals surface area contributed by atoms with E-state index in [1.54, 1.807) is 0 Å². The van der Waals surface area contributed by atoms with Gasteiger partial charge in [-0.2, -0.15) is 6.08 Å². The second kappa shape index (κ2) is 18.8. The van der Waals surface area contributed by atoms with Gasteiger partial charge in [0.15, 0.2) is 0 Å². The Kier molecular flexibility index (Phi) is 16.6. The molecule has 0 nitrogen and oxygen atoms in total. The molecule has 0 bridgehead atoms. The normalized spacial score (nSPS) is 13.3. The third-order valence-corrected chi connectivity index (χ3v) is 11.2. The van der Waals surface area contributed by atoms with Crippen LogP contribution in [-0.2, 0) is 58.2 Å². The molecule has 58 heavy (non-hydrogen) atoms. The number of rotatable bonds is 2. The van der Waals surface area contributed by atoms with Gasteiger partial charge in [0, 0.05) is 0 Å². The maximum atomic E-state index is 12.7. The van der Waals surface area contributed by atoms with Crippen molar-refractivity contribution in [1.29, 1.82) is 0 Å². The molecule has 0 amide bonds. The molecule has 1 aliphatic rings. The van der Waals surface area contributed by atoms with E-state index in [9.17, 15) is 26.3 Å². The largest absolute Gasteiger partial charge is 0.273 e. The summed E-state index contributed by atoms with van der Waals surface area (Å²) in [4.78, 5) is 0. The molecule has 6 rings (SSSR count). The predicted octanol–water partition coefficient (Wildman–Crippen LogP) is 15.9. The van der Waals surface area contributed by atoms with Crippen molar-refractivity contribution in [3.05, 3.63) is 148 Å². The fourth-order valence-electron chi connectivity index (χ4n) is 6.80. The molecule has 0 aromatic heterocycles. The Labute approximate surface area is 369 Å². The second-order valence-electron chi connectivity index (χ2n) is 18.6. The van der Waals surface area contributed by atoms with Crippen LogP contribution in [0.25, 0.3) is 21.5 Å². The van der Waals surface area contributed by atoms with Gasteiger partial charge in [-0.15, -0.1) is 71.0 Å². The van der Waals surface area contributed by atoms with Crippen molar-refractivity contribution in [2.24, 2.45) is 0 Å².